The molecule has 0 radical (unpaired) electrons. The highest BCUT2D eigenvalue weighted by molar-refractivity contribution is 7.86. The molecule has 1 unspecified atom stereocenters. The van der Waals surface area contributed by atoms with E-state index < -0.39 is 26.9 Å². The third-order valence-electron chi connectivity index (χ3n) is 2.16. The van der Waals surface area contributed by atoms with Crippen molar-refractivity contribution in [1.29, 1.82) is 0 Å². The van der Waals surface area contributed by atoms with Crippen molar-refractivity contribution in [3.63, 3.8) is 0 Å². The van der Waals surface area contributed by atoms with E-state index in [0.717, 1.165) is 12.1 Å². The summed E-state index contributed by atoms with van der Waals surface area (Å²) in [6, 6.07) is 3.34. The number of hydrogen-bond acceptors (Lipinski definition) is 6. The number of rotatable bonds is 4. The Bertz CT molecular complexity index is 498. The number of benzene rings is 1. The molecule has 7 nitrogen and oxygen atoms in total. The molecule has 0 saturated heterocycles. The number of hydroxylamine groups is 2. The van der Waals surface area contributed by atoms with Gasteiger partial charge in [-0.05, 0) is 17.7 Å². The van der Waals surface area contributed by atoms with Crippen molar-refractivity contribution in [1.82, 2.24) is 5.06 Å². The van der Waals surface area contributed by atoms with Crippen LogP contribution in [0.5, 0.6) is 11.5 Å². The van der Waals surface area contributed by atoms with Crippen molar-refractivity contribution in [3.05, 3.63) is 23.8 Å². The van der Waals surface area contributed by atoms with Crippen molar-refractivity contribution in [3.8, 4) is 11.5 Å². The number of hydrogen-bond donors (Lipinski definition) is 4. The maximum Gasteiger partial charge on any atom is 0.273 e. The zero-order chi connectivity index (χ0) is 13.2. The third-order valence-corrected chi connectivity index (χ3v) is 3.30. The summed E-state index contributed by atoms with van der Waals surface area (Å²) in [5.41, 5.74) is 0.0590. The molecule has 0 aromatic heterocycles. The SMILES string of the molecule is CN(O)CC(c1ccc(O)c(O)c1)S(=O)(=O)O. The summed E-state index contributed by atoms with van der Waals surface area (Å²) in [6.07, 6.45) is 0. The molecule has 0 aliphatic carbocycles. The van der Waals surface area contributed by atoms with Gasteiger partial charge in [0.05, 0.1) is 0 Å². The molecular formula is C9H13NO6S. The maximum absolute atomic E-state index is 11.1. The number of phenols is 2. The molecule has 0 saturated carbocycles. The van der Waals surface area contributed by atoms with Crippen LogP contribution in [0.1, 0.15) is 10.8 Å². The topological polar surface area (TPSA) is 118 Å². The Morgan fingerprint density at radius 3 is 2.29 bits per heavy atom. The van der Waals surface area contributed by atoms with E-state index in [1.807, 2.05) is 0 Å². The van der Waals surface area contributed by atoms with Crippen molar-refractivity contribution in [2.75, 3.05) is 13.6 Å². The van der Waals surface area contributed by atoms with Crippen LogP contribution in [0.3, 0.4) is 0 Å². The lowest BCUT2D eigenvalue weighted by atomic mass is 10.1. The lowest BCUT2D eigenvalue weighted by molar-refractivity contribution is -0.0649. The third kappa shape index (κ3) is 3.56. The highest BCUT2D eigenvalue weighted by Gasteiger charge is 2.27. The second kappa shape index (κ2) is 4.88. The van der Waals surface area contributed by atoms with Crippen LogP contribution in [-0.2, 0) is 10.1 Å². The number of likely N-dealkylation sites (N-methyl/N-ethyl adjacent to an activating group) is 1. The van der Waals surface area contributed by atoms with Crippen LogP contribution in [0.25, 0.3) is 0 Å². The minimum absolute atomic E-state index is 0.0590. The Kier molecular flexibility index (Phi) is 3.94. The average molecular weight is 263 g/mol. The van der Waals surface area contributed by atoms with E-state index in [9.17, 15) is 13.5 Å². The first-order valence-electron chi connectivity index (χ1n) is 4.60. The molecule has 4 N–H and O–H groups in total. The minimum Gasteiger partial charge on any atom is -0.504 e. The minimum atomic E-state index is -4.44. The van der Waals surface area contributed by atoms with E-state index in [0.29, 0.717) is 5.06 Å². The molecule has 1 atom stereocenters. The summed E-state index contributed by atoms with van der Waals surface area (Å²) < 4.78 is 31.3. The molecule has 17 heavy (non-hydrogen) atoms. The number of aromatic hydroxyl groups is 2. The quantitative estimate of drug-likeness (QED) is 0.351. The molecule has 0 aliphatic rings. The van der Waals surface area contributed by atoms with Crippen LogP contribution < -0.4 is 0 Å². The Hall–Kier alpha value is -1.35. The Balaban J connectivity index is 3.18. The highest BCUT2D eigenvalue weighted by Crippen LogP contribution is 2.30. The van der Waals surface area contributed by atoms with Crippen LogP contribution in [0.2, 0.25) is 0 Å². The fraction of sp³-hybridized carbons (Fsp3) is 0.333. The van der Waals surface area contributed by atoms with Gasteiger partial charge in [0.15, 0.2) is 11.5 Å². The molecular weight excluding hydrogens is 250 g/mol. The van der Waals surface area contributed by atoms with Gasteiger partial charge in [-0.3, -0.25) is 4.55 Å². The first-order valence-corrected chi connectivity index (χ1v) is 6.10. The van der Waals surface area contributed by atoms with Crippen LogP contribution in [-0.4, -0.2) is 47.0 Å². The van der Waals surface area contributed by atoms with Gasteiger partial charge in [-0.2, -0.15) is 13.5 Å². The summed E-state index contributed by atoms with van der Waals surface area (Å²) in [5, 5.41) is 26.5. The summed E-state index contributed by atoms with van der Waals surface area (Å²) in [5.74, 6) is -0.906. The van der Waals surface area contributed by atoms with E-state index in [1.165, 1.54) is 13.1 Å². The van der Waals surface area contributed by atoms with E-state index in [1.54, 1.807) is 0 Å². The van der Waals surface area contributed by atoms with Gasteiger partial charge in [-0.1, -0.05) is 6.07 Å². The van der Waals surface area contributed by atoms with Crippen molar-refractivity contribution < 1.29 is 28.4 Å². The predicted octanol–water partition coefficient (Wildman–Crippen LogP) is 0.348. The van der Waals surface area contributed by atoms with E-state index in [-0.39, 0.29) is 12.1 Å². The van der Waals surface area contributed by atoms with Gasteiger partial charge >= 0.3 is 0 Å². The summed E-state index contributed by atoms with van der Waals surface area (Å²) in [7, 11) is -3.22. The second-order valence-electron chi connectivity index (χ2n) is 3.59. The average Bonchev–Trinajstić information content (AvgIpc) is 2.17. The van der Waals surface area contributed by atoms with Gasteiger partial charge < -0.3 is 15.4 Å². The monoisotopic (exact) mass is 263 g/mol. The van der Waals surface area contributed by atoms with Crippen LogP contribution in [0, 0.1) is 0 Å². The molecule has 8 heteroatoms. The fourth-order valence-electron chi connectivity index (χ4n) is 1.35. The molecule has 0 spiro atoms. The van der Waals surface area contributed by atoms with Gasteiger partial charge in [0.2, 0.25) is 0 Å². The first kappa shape index (κ1) is 13.7. The molecule has 96 valence electrons. The number of nitrogens with zero attached hydrogens (tertiary/aromatic N) is 1. The fourth-order valence-corrected chi connectivity index (χ4v) is 2.25. The summed E-state index contributed by atoms with van der Waals surface area (Å²) in [4.78, 5) is 0. The second-order valence-corrected chi connectivity index (χ2v) is 5.19. The Morgan fingerprint density at radius 1 is 1.29 bits per heavy atom. The van der Waals surface area contributed by atoms with E-state index in [2.05, 4.69) is 0 Å². The number of phenolic OH excluding ortho intramolecular Hbond substituents is 2. The zero-order valence-electron chi connectivity index (χ0n) is 8.98. The van der Waals surface area contributed by atoms with Crippen LogP contribution >= 0.6 is 0 Å². The molecule has 0 heterocycles. The Labute approximate surface area is 98.3 Å². The van der Waals surface area contributed by atoms with Crippen molar-refractivity contribution in [2.45, 2.75) is 5.25 Å². The van der Waals surface area contributed by atoms with Gasteiger partial charge in [-0.25, -0.2) is 0 Å². The molecule has 1 rings (SSSR count). The maximum atomic E-state index is 11.1. The summed E-state index contributed by atoms with van der Waals surface area (Å²) >= 11 is 0. The lowest BCUT2D eigenvalue weighted by Crippen LogP contribution is -2.26. The molecule has 0 aliphatic heterocycles. The van der Waals surface area contributed by atoms with Gasteiger partial charge in [-0.15, -0.1) is 0 Å². The highest BCUT2D eigenvalue weighted by atomic mass is 32.2. The van der Waals surface area contributed by atoms with E-state index in [4.69, 9.17) is 14.9 Å². The smallest absolute Gasteiger partial charge is 0.273 e. The molecule has 0 fully saturated rings. The Morgan fingerprint density at radius 2 is 1.88 bits per heavy atom. The summed E-state index contributed by atoms with van der Waals surface area (Å²) in [6.45, 7) is -0.372. The van der Waals surface area contributed by atoms with Crippen molar-refractivity contribution >= 4 is 10.1 Å². The van der Waals surface area contributed by atoms with Gasteiger partial charge in [0.1, 0.15) is 5.25 Å². The van der Waals surface area contributed by atoms with Crippen LogP contribution in [0.15, 0.2) is 18.2 Å². The predicted molar refractivity (Wildman–Crippen MR) is 58.5 cm³/mol. The van der Waals surface area contributed by atoms with Gasteiger partial charge in [0.25, 0.3) is 10.1 Å². The van der Waals surface area contributed by atoms with Crippen molar-refractivity contribution in [2.24, 2.45) is 0 Å². The molecule has 0 bridgehead atoms. The lowest BCUT2D eigenvalue weighted by Gasteiger charge is -2.17. The van der Waals surface area contributed by atoms with Gasteiger partial charge in [0, 0.05) is 13.6 Å². The first-order chi connectivity index (χ1) is 7.71. The zero-order valence-corrected chi connectivity index (χ0v) is 9.79. The van der Waals surface area contributed by atoms with E-state index >= 15 is 0 Å². The van der Waals surface area contributed by atoms with Crippen LogP contribution in [0.4, 0.5) is 0 Å². The molecule has 1 aromatic carbocycles. The standard InChI is InChI=1S/C9H13NO6S/c1-10(13)5-9(17(14,15)16)6-2-3-7(11)8(12)4-6/h2-4,9,11-13H,5H2,1H3,(H,14,15,16). The molecule has 1 aromatic rings. The largest absolute Gasteiger partial charge is 0.504 e. The molecule has 0 amide bonds. The normalized spacial score (nSPS) is 13.9.